The lowest BCUT2D eigenvalue weighted by Gasteiger charge is -2.35. The number of carbonyl (C=O) groups is 2. The van der Waals surface area contributed by atoms with Gasteiger partial charge in [-0.25, -0.2) is 4.98 Å². The van der Waals surface area contributed by atoms with Gasteiger partial charge in [0.2, 0.25) is 5.91 Å². The fraction of sp³-hybridized carbons (Fsp3) is 0.300. The van der Waals surface area contributed by atoms with Gasteiger partial charge in [-0.05, 0) is 18.2 Å². The molecule has 160 valence electrons. The molecular weight excluding hydrogens is 402 g/mol. The van der Waals surface area contributed by atoms with Gasteiger partial charge in [0.15, 0.2) is 0 Å². The van der Waals surface area contributed by atoms with E-state index in [1.54, 1.807) is 11.0 Å². The van der Waals surface area contributed by atoms with Gasteiger partial charge in [0.05, 0.1) is 10.6 Å². The number of piperazine rings is 1. The molecule has 11 nitrogen and oxygen atoms in total. The minimum Gasteiger partial charge on any atom is -0.368 e. The molecule has 31 heavy (non-hydrogen) atoms. The zero-order valence-corrected chi connectivity index (χ0v) is 16.6. The summed E-state index contributed by atoms with van der Waals surface area (Å²) in [5, 5.41) is 16.7. The van der Waals surface area contributed by atoms with Crippen LogP contribution < -0.4 is 15.6 Å². The number of hydrazone groups is 1. The van der Waals surface area contributed by atoms with Crippen LogP contribution in [0.2, 0.25) is 0 Å². The fourth-order valence-corrected chi connectivity index (χ4v) is 3.67. The summed E-state index contributed by atoms with van der Waals surface area (Å²) in [5.74, 6) is -0.134. The van der Waals surface area contributed by atoms with Crippen LogP contribution in [-0.4, -0.2) is 64.6 Å². The van der Waals surface area contributed by atoms with Gasteiger partial charge in [-0.15, -0.1) is 0 Å². The molecular formula is C20H21N7O4. The fourth-order valence-electron chi connectivity index (χ4n) is 3.67. The predicted octanol–water partition coefficient (Wildman–Crippen LogP) is 0.759. The van der Waals surface area contributed by atoms with Crippen molar-refractivity contribution in [2.75, 3.05) is 36.1 Å². The van der Waals surface area contributed by atoms with E-state index in [0.29, 0.717) is 43.4 Å². The number of primary amides is 1. The van der Waals surface area contributed by atoms with Crippen LogP contribution in [-0.2, 0) is 9.59 Å². The number of aromatic nitrogens is 1. The van der Waals surface area contributed by atoms with Crippen molar-refractivity contribution in [1.29, 1.82) is 0 Å². The number of para-hydroxylation sites is 1. The Morgan fingerprint density at radius 3 is 2.35 bits per heavy atom. The second-order valence-electron chi connectivity index (χ2n) is 7.26. The zero-order chi connectivity index (χ0) is 22.0. The normalized spacial score (nSPS) is 18.6. The molecule has 0 saturated carbocycles. The number of benzene rings is 1. The van der Waals surface area contributed by atoms with E-state index >= 15 is 0 Å². The van der Waals surface area contributed by atoms with Gasteiger partial charge in [-0.3, -0.25) is 24.7 Å². The van der Waals surface area contributed by atoms with Crippen LogP contribution in [0.25, 0.3) is 0 Å². The van der Waals surface area contributed by atoms with Crippen LogP contribution in [0.5, 0.6) is 0 Å². The molecule has 4 rings (SSSR count). The molecule has 1 saturated heterocycles. The molecule has 1 aromatic carbocycles. The molecule has 0 radical (unpaired) electrons. The van der Waals surface area contributed by atoms with Gasteiger partial charge in [0.25, 0.3) is 11.6 Å². The summed E-state index contributed by atoms with van der Waals surface area (Å²) in [6.07, 6.45) is 1.38. The first kappa shape index (κ1) is 20.3. The van der Waals surface area contributed by atoms with Crippen molar-refractivity contribution in [3.63, 3.8) is 0 Å². The van der Waals surface area contributed by atoms with Crippen molar-refractivity contribution in [3.8, 4) is 0 Å². The monoisotopic (exact) mass is 423 g/mol. The van der Waals surface area contributed by atoms with Crippen molar-refractivity contribution in [1.82, 2.24) is 9.88 Å². The van der Waals surface area contributed by atoms with E-state index < -0.39 is 16.9 Å². The van der Waals surface area contributed by atoms with Gasteiger partial charge < -0.3 is 15.5 Å². The lowest BCUT2D eigenvalue weighted by atomic mass is 10.1. The Bertz CT molecular complexity index is 1020. The lowest BCUT2D eigenvalue weighted by molar-refractivity contribution is -0.385. The van der Waals surface area contributed by atoms with Crippen LogP contribution in [0, 0.1) is 10.1 Å². The predicted molar refractivity (Wildman–Crippen MR) is 114 cm³/mol. The average molecular weight is 423 g/mol. The number of hydrogen-bond donors (Lipinski definition) is 1. The van der Waals surface area contributed by atoms with E-state index in [4.69, 9.17) is 5.73 Å². The number of nitrogens with zero attached hydrogens (tertiary/aromatic N) is 6. The van der Waals surface area contributed by atoms with Crippen molar-refractivity contribution in [2.45, 2.75) is 12.5 Å². The molecule has 2 amide bonds. The number of nitrogens with two attached hydrogens (primary N) is 1. The second-order valence-corrected chi connectivity index (χ2v) is 7.26. The van der Waals surface area contributed by atoms with E-state index in [-0.39, 0.29) is 18.0 Å². The standard InChI is InChI=1S/C20H21N7O4/c21-19(28)17-12-16(23-26(17)14-4-2-1-3-5-14)20(29)25-10-8-24(9-11-25)18-7-6-15(13-22-18)27(30)31/h1-7,13,17H,8-12H2,(H2,21,28). The summed E-state index contributed by atoms with van der Waals surface area (Å²) in [5.41, 5.74) is 6.48. The number of anilines is 2. The van der Waals surface area contributed by atoms with Gasteiger partial charge in [-0.1, -0.05) is 18.2 Å². The van der Waals surface area contributed by atoms with Gasteiger partial charge in [0.1, 0.15) is 23.8 Å². The largest absolute Gasteiger partial charge is 0.368 e. The Balaban J connectivity index is 1.42. The van der Waals surface area contributed by atoms with Crippen molar-refractivity contribution in [2.24, 2.45) is 10.8 Å². The Hall–Kier alpha value is -4.02. The average Bonchev–Trinajstić information content (AvgIpc) is 3.25. The second kappa shape index (κ2) is 8.38. The topological polar surface area (TPSA) is 138 Å². The number of hydrogen-bond acceptors (Lipinski definition) is 8. The minimum absolute atomic E-state index is 0.0659. The molecule has 1 unspecified atom stereocenters. The quantitative estimate of drug-likeness (QED) is 0.553. The molecule has 1 aromatic heterocycles. The maximum absolute atomic E-state index is 13.0. The molecule has 0 spiro atoms. The van der Waals surface area contributed by atoms with Crippen molar-refractivity contribution in [3.05, 3.63) is 58.8 Å². The first-order valence-corrected chi connectivity index (χ1v) is 9.80. The summed E-state index contributed by atoms with van der Waals surface area (Å²) >= 11 is 0. The SMILES string of the molecule is NC(=O)C1CC(C(=O)N2CCN(c3ccc([N+](=O)[O-])cn3)CC2)=NN1c1ccccc1. The Morgan fingerprint density at radius 2 is 1.77 bits per heavy atom. The Morgan fingerprint density at radius 1 is 1.06 bits per heavy atom. The molecule has 0 bridgehead atoms. The Kier molecular flexibility index (Phi) is 5.48. The smallest absolute Gasteiger partial charge is 0.287 e. The van der Waals surface area contributed by atoms with Crippen molar-refractivity contribution < 1.29 is 14.5 Å². The van der Waals surface area contributed by atoms with Crippen LogP contribution >= 0.6 is 0 Å². The molecule has 2 aliphatic rings. The van der Waals surface area contributed by atoms with Gasteiger partial charge in [0, 0.05) is 38.7 Å². The van der Waals surface area contributed by atoms with Gasteiger partial charge >= 0.3 is 0 Å². The third kappa shape index (κ3) is 4.15. The molecule has 2 N–H and O–H groups in total. The third-order valence-corrected chi connectivity index (χ3v) is 5.34. The first-order chi connectivity index (χ1) is 14.9. The van der Waals surface area contributed by atoms with E-state index in [0.717, 1.165) is 0 Å². The molecule has 2 aliphatic heterocycles. The van der Waals surface area contributed by atoms with E-state index in [9.17, 15) is 19.7 Å². The maximum atomic E-state index is 13.0. The van der Waals surface area contributed by atoms with E-state index in [1.807, 2.05) is 35.2 Å². The maximum Gasteiger partial charge on any atom is 0.287 e. The van der Waals surface area contributed by atoms with Crippen LogP contribution in [0.3, 0.4) is 0 Å². The van der Waals surface area contributed by atoms with Crippen molar-refractivity contribution >= 4 is 34.7 Å². The van der Waals surface area contributed by atoms with Crippen LogP contribution in [0.4, 0.5) is 17.2 Å². The summed E-state index contributed by atoms with van der Waals surface area (Å²) in [6.45, 7) is 1.96. The van der Waals surface area contributed by atoms with Gasteiger partial charge in [-0.2, -0.15) is 5.10 Å². The molecule has 3 heterocycles. The van der Waals surface area contributed by atoms with Crippen LogP contribution in [0.15, 0.2) is 53.8 Å². The molecule has 11 heteroatoms. The highest BCUT2D eigenvalue weighted by Gasteiger charge is 2.37. The number of amides is 2. The lowest BCUT2D eigenvalue weighted by Crippen LogP contribution is -2.51. The summed E-state index contributed by atoms with van der Waals surface area (Å²) < 4.78 is 0. The number of nitro groups is 1. The summed E-state index contributed by atoms with van der Waals surface area (Å²) in [7, 11) is 0. The molecule has 0 aliphatic carbocycles. The number of rotatable bonds is 5. The molecule has 1 atom stereocenters. The first-order valence-electron chi connectivity index (χ1n) is 9.80. The highest BCUT2D eigenvalue weighted by Crippen LogP contribution is 2.25. The van der Waals surface area contributed by atoms with Crippen LogP contribution in [0.1, 0.15) is 6.42 Å². The van der Waals surface area contributed by atoms with E-state index in [1.165, 1.54) is 17.3 Å². The minimum atomic E-state index is -0.702. The van der Waals surface area contributed by atoms with E-state index in [2.05, 4.69) is 10.1 Å². The third-order valence-electron chi connectivity index (χ3n) is 5.34. The highest BCUT2D eigenvalue weighted by atomic mass is 16.6. The summed E-state index contributed by atoms with van der Waals surface area (Å²) in [6, 6.07) is 11.4. The summed E-state index contributed by atoms with van der Waals surface area (Å²) in [4.78, 5) is 43.0. The zero-order valence-electron chi connectivity index (χ0n) is 16.6. The highest BCUT2D eigenvalue weighted by molar-refractivity contribution is 6.40. The molecule has 1 fully saturated rings. The number of pyridine rings is 1. The molecule has 2 aromatic rings. The Labute approximate surface area is 177 Å². The number of carbonyl (C=O) groups excluding carboxylic acids is 2.